The Kier molecular flexibility index (Phi) is 4.23. The number of sulfonamides is 1. The first-order valence-corrected chi connectivity index (χ1v) is 8.74. The summed E-state index contributed by atoms with van der Waals surface area (Å²) >= 11 is 0. The van der Waals surface area contributed by atoms with E-state index in [1.165, 1.54) is 32.2 Å². The van der Waals surface area contributed by atoms with Crippen LogP contribution in [0.2, 0.25) is 0 Å². The third kappa shape index (κ3) is 3.64. The number of pyridine rings is 1. The fourth-order valence-electron chi connectivity index (χ4n) is 1.10. The molecule has 9 heteroatoms. The molecule has 0 amide bonds. The van der Waals surface area contributed by atoms with Crippen LogP contribution in [0, 0.1) is 0 Å². The molecule has 0 atom stereocenters. The van der Waals surface area contributed by atoms with Gasteiger partial charge in [-0.05, 0) is 26.0 Å². The van der Waals surface area contributed by atoms with Crippen LogP contribution in [0.1, 0.15) is 13.8 Å². The zero-order valence-corrected chi connectivity index (χ0v) is 12.5. The molecule has 0 aliphatic rings. The van der Waals surface area contributed by atoms with Gasteiger partial charge in [-0.1, -0.05) is 0 Å². The molecule has 0 radical (unpaired) electrons. The Balaban J connectivity index is 2.99. The van der Waals surface area contributed by atoms with E-state index >= 15 is 0 Å². The third-order valence-electron chi connectivity index (χ3n) is 2.75. The molecule has 0 saturated carbocycles. The van der Waals surface area contributed by atoms with Gasteiger partial charge in [-0.15, -0.1) is 0 Å². The first-order valence-electron chi connectivity index (χ1n) is 5.37. The zero-order valence-electron chi connectivity index (χ0n) is 10.9. The number of rotatable bonds is 5. The molecule has 19 heavy (non-hydrogen) atoms. The molecule has 1 rings (SSSR count). The van der Waals surface area contributed by atoms with Gasteiger partial charge in [0.2, 0.25) is 0 Å². The van der Waals surface area contributed by atoms with Crippen LogP contribution < -0.4 is 10.5 Å². The molecule has 0 aliphatic heterocycles. The van der Waals surface area contributed by atoms with E-state index in [0.717, 1.165) is 6.26 Å². The highest BCUT2D eigenvalue weighted by Crippen LogP contribution is 2.17. The molecular formula is C10H17N3O4S2. The molecule has 0 saturated heterocycles. The second-order valence-corrected chi connectivity index (χ2v) is 9.09. The predicted octanol–water partition coefficient (Wildman–Crippen LogP) is -0.235. The van der Waals surface area contributed by atoms with Crippen LogP contribution >= 0.6 is 0 Å². The summed E-state index contributed by atoms with van der Waals surface area (Å²) in [6.45, 7) is 2.61. The Hall–Kier alpha value is -1.19. The van der Waals surface area contributed by atoms with Gasteiger partial charge in [0, 0.05) is 19.0 Å². The van der Waals surface area contributed by atoms with Crippen LogP contribution in [0.5, 0.6) is 0 Å². The number of nitrogens with zero attached hydrogens (tertiary/aromatic N) is 1. The van der Waals surface area contributed by atoms with Crippen molar-refractivity contribution in [3.05, 3.63) is 18.3 Å². The highest BCUT2D eigenvalue weighted by molar-refractivity contribution is 7.92. The Labute approximate surface area is 113 Å². The number of sulfone groups is 1. The fourth-order valence-corrected chi connectivity index (χ4v) is 2.79. The zero-order chi connectivity index (χ0) is 14.9. The number of anilines is 1. The minimum Gasteiger partial charge on any atom is -0.396 e. The van der Waals surface area contributed by atoms with Crippen LogP contribution in [-0.2, 0) is 19.9 Å². The van der Waals surface area contributed by atoms with Crippen molar-refractivity contribution in [1.82, 2.24) is 9.71 Å². The summed E-state index contributed by atoms with van der Waals surface area (Å²) in [6.07, 6.45) is 2.35. The number of nitrogens with one attached hydrogen (secondary N) is 1. The van der Waals surface area contributed by atoms with Gasteiger partial charge < -0.3 is 5.73 Å². The van der Waals surface area contributed by atoms with Crippen molar-refractivity contribution in [3.63, 3.8) is 0 Å². The summed E-state index contributed by atoms with van der Waals surface area (Å²) in [7, 11) is -7.33. The molecule has 0 aliphatic carbocycles. The second kappa shape index (κ2) is 5.06. The lowest BCUT2D eigenvalue weighted by molar-refractivity contribution is 0.536. The Morgan fingerprint density at radius 2 is 1.89 bits per heavy atom. The fraction of sp³-hybridized carbons (Fsp3) is 0.500. The van der Waals surface area contributed by atoms with Gasteiger partial charge in [0.05, 0.1) is 10.4 Å². The smallest absolute Gasteiger partial charge is 0.260 e. The van der Waals surface area contributed by atoms with E-state index in [-0.39, 0.29) is 17.3 Å². The van der Waals surface area contributed by atoms with Crippen molar-refractivity contribution < 1.29 is 16.8 Å². The quantitative estimate of drug-likeness (QED) is 0.775. The van der Waals surface area contributed by atoms with E-state index in [1.807, 2.05) is 0 Å². The van der Waals surface area contributed by atoms with Crippen LogP contribution in [0.15, 0.2) is 23.4 Å². The minimum absolute atomic E-state index is 0.00663. The maximum absolute atomic E-state index is 12.0. The number of hydrogen-bond acceptors (Lipinski definition) is 6. The summed E-state index contributed by atoms with van der Waals surface area (Å²) in [5, 5.41) is -0.306. The molecule has 1 aromatic heterocycles. The maximum Gasteiger partial charge on any atom is 0.260 e. The first kappa shape index (κ1) is 15.9. The SMILES string of the molecule is CC(C)(CNS(=O)(=O)c1ncccc1N)S(C)(=O)=O. The lowest BCUT2D eigenvalue weighted by Gasteiger charge is -2.22. The molecule has 0 aromatic carbocycles. The number of aromatic nitrogens is 1. The number of hydrogen-bond donors (Lipinski definition) is 2. The lowest BCUT2D eigenvalue weighted by atomic mass is 10.2. The molecule has 0 unspecified atom stereocenters. The average molecular weight is 307 g/mol. The van der Waals surface area contributed by atoms with Crippen molar-refractivity contribution in [2.24, 2.45) is 0 Å². The standard InChI is InChI=1S/C10H17N3O4S2/c1-10(2,18(3,14)15)7-13-19(16,17)9-8(11)5-4-6-12-9/h4-6,13H,7,11H2,1-3H3. The summed E-state index contributed by atoms with van der Waals surface area (Å²) in [6, 6.07) is 2.91. The molecule has 3 N–H and O–H groups in total. The van der Waals surface area contributed by atoms with Crippen LogP contribution in [0.25, 0.3) is 0 Å². The summed E-state index contributed by atoms with van der Waals surface area (Å²) in [4.78, 5) is 3.69. The summed E-state index contributed by atoms with van der Waals surface area (Å²) in [5.41, 5.74) is 5.54. The van der Waals surface area contributed by atoms with Crippen LogP contribution in [0.4, 0.5) is 5.69 Å². The van der Waals surface area contributed by atoms with E-state index in [1.54, 1.807) is 0 Å². The maximum atomic E-state index is 12.0. The van der Waals surface area contributed by atoms with Crippen LogP contribution in [-0.4, -0.2) is 39.4 Å². The number of nitrogens with two attached hydrogens (primary N) is 1. The molecule has 108 valence electrons. The first-order chi connectivity index (χ1) is 8.47. The van der Waals surface area contributed by atoms with Crippen molar-refractivity contribution in [1.29, 1.82) is 0 Å². The Bertz CT molecular complexity index is 666. The van der Waals surface area contributed by atoms with Gasteiger partial charge in [0.1, 0.15) is 0 Å². The topological polar surface area (TPSA) is 119 Å². The van der Waals surface area contributed by atoms with Gasteiger partial charge in [0.25, 0.3) is 10.0 Å². The van der Waals surface area contributed by atoms with Crippen molar-refractivity contribution >= 4 is 25.5 Å². The average Bonchev–Trinajstić information content (AvgIpc) is 2.25. The van der Waals surface area contributed by atoms with Gasteiger partial charge in [-0.3, -0.25) is 0 Å². The third-order valence-corrected chi connectivity index (χ3v) is 6.27. The summed E-state index contributed by atoms with van der Waals surface area (Å²) < 4.78 is 47.9. The van der Waals surface area contributed by atoms with E-state index in [2.05, 4.69) is 9.71 Å². The highest BCUT2D eigenvalue weighted by Gasteiger charge is 2.32. The van der Waals surface area contributed by atoms with E-state index in [4.69, 9.17) is 5.73 Å². The Morgan fingerprint density at radius 3 is 2.37 bits per heavy atom. The number of nitrogen functional groups attached to an aromatic ring is 1. The lowest BCUT2D eigenvalue weighted by Crippen LogP contribution is -2.43. The van der Waals surface area contributed by atoms with E-state index < -0.39 is 24.6 Å². The van der Waals surface area contributed by atoms with Gasteiger partial charge in [0.15, 0.2) is 14.9 Å². The van der Waals surface area contributed by atoms with Crippen molar-refractivity contribution in [3.8, 4) is 0 Å². The second-order valence-electron chi connectivity index (χ2n) is 4.75. The molecule has 1 aromatic rings. The molecule has 0 fully saturated rings. The minimum atomic E-state index is -3.93. The normalized spacial score (nSPS) is 13.4. The van der Waals surface area contributed by atoms with Gasteiger partial charge >= 0.3 is 0 Å². The van der Waals surface area contributed by atoms with Crippen molar-refractivity contribution in [2.75, 3.05) is 18.5 Å². The van der Waals surface area contributed by atoms with Crippen molar-refractivity contribution in [2.45, 2.75) is 23.6 Å². The highest BCUT2D eigenvalue weighted by atomic mass is 32.2. The monoisotopic (exact) mass is 307 g/mol. The largest absolute Gasteiger partial charge is 0.396 e. The van der Waals surface area contributed by atoms with Gasteiger partial charge in [-0.25, -0.2) is 26.5 Å². The van der Waals surface area contributed by atoms with Gasteiger partial charge in [-0.2, -0.15) is 0 Å². The van der Waals surface area contributed by atoms with E-state index in [0.29, 0.717) is 0 Å². The van der Waals surface area contributed by atoms with E-state index in [9.17, 15) is 16.8 Å². The summed E-state index contributed by atoms with van der Waals surface area (Å²) in [5.74, 6) is 0. The molecule has 1 heterocycles. The Morgan fingerprint density at radius 1 is 1.32 bits per heavy atom. The predicted molar refractivity (Wildman–Crippen MR) is 72.8 cm³/mol. The molecule has 7 nitrogen and oxygen atoms in total. The molecule has 0 spiro atoms. The van der Waals surface area contributed by atoms with Crippen LogP contribution in [0.3, 0.4) is 0 Å². The molecule has 0 bridgehead atoms. The molecular weight excluding hydrogens is 290 g/mol.